The van der Waals surface area contributed by atoms with E-state index in [1.807, 2.05) is 15.9 Å². The SMILES string of the molecule is O=C(CN1CCN(C(=O)c2cc3c(cc2O)CCCC3)CC1)N1CCCCC1. The van der Waals surface area contributed by atoms with E-state index in [0.29, 0.717) is 38.3 Å². The number of carbonyl (C=O) groups excluding carboxylic acids is 2. The van der Waals surface area contributed by atoms with Gasteiger partial charge in [-0.05, 0) is 68.2 Å². The number of carbonyl (C=O) groups is 2. The van der Waals surface area contributed by atoms with E-state index in [-0.39, 0.29) is 17.6 Å². The monoisotopic (exact) mass is 385 g/mol. The van der Waals surface area contributed by atoms with Crippen molar-refractivity contribution in [3.05, 3.63) is 28.8 Å². The molecule has 0 spiro atoms. The lowest BCUT2D eigenvalue weighted by Gasteiger charge is -2.36. The zero-order valence-corrected chi connectivity index (χ0v) is 16.7. The zero-order valence-electron chi connectivity index (χ0n) is 16.7. The molecule has 1 aromatic rings. The number of likely N-dealkylation sites (tertiary alicyclic amines) is 1. The number of benzene rings is 1. The lowest BCUT2D eigenvalue weighted by Crippen LogP contribution is -2.52. The molecule has 2 amide bonds. The van der Waals surface area contributed by atoms with Gasteiger partial charge in [-0.15, -0.1) is 0 Å². The molecule has 152 valence electrons. The first-order chi connectivity index (χ1) is 13.6. The molecule has 2 heterocycles. The van der Waals surface area contributed by atoms with E-state index in [4.69, 9.17) is 0 Å². The van der Waals surface area contributed by atoms with Crippen molar-refractivity contribution in [2.45, 2.75) is 44.9 Å². The van der Waals surface area contributed by atoms with Gasteiger partial charge < -0.3 is 14.9 Å². The molecule has 0 aromatic heterocycles. The average Bonchev–Trinajstić information content (AvgIpc) is 2.74. The van der Waals surface area contributed by atoms with Crippen LogP contribution < -0.4 is 0 Å². The maximum atomic E-state index is 13.0. The van der Waals surface area contributed by atoms with Gasteiger partial charge in [-0.2, -0.15) is 0 Å². The quantitative estimate of drug-likeness (QED) is 0.865. The minimum absolute atomic E-state index is 0.0899. The highest BCUT2D eigenvalue weighted by Crippen LogP contribution is 2.29. The number of phenolic OH excluding ortho intramolecular Hbond substituents is 1. The summed E-state index contributed by atoms with van der Waals surface area (Å²) in [6.07, 6.45) is 7.72. The molecule has 3 aliphatic rings. The fourth-order valence-corrected chi connectivity index (χ4v) is 4.66. The molecule has 2 aliphatic heterocycles. The molecule has 1 aromatic carbocycles. The smallest absolute Gasteiger partial charge is 0.257 e. The van der Waals surface area contributed by atoms with Gasteiger partial charge in [-0.25, -0.2) is 0 Å². The van der Waals surface area contributed by atoms with Crippen LogP contribution in [0.3, 0.4) is 0 Å². The summed E-state index contributed by atoms with van der Waals surface area (Å²) in [5.41, 5.74) is 2.82. The Morgan fingerprint density at radius 2 is 1.43 bits per heavy atom. The lowest BCUT2D eigenvalue weighted by atomic mass is 9.89. The fourth-order valence-electron chi connectivity index (χ4n) is 4.66. The lowest BCUT2D eigenvalue weighted by molar-refractivity contribution is -0.133. The molecule has 0 unspecified atom stereocenters. The van der Waals surface area contributed by atoms with Crippen molar-refractivity contribution in [3.63, 3.8) is 0 Å². The van der Waals surface area contributed by atoms with Crippen LogP contribution in [-0.4, -0.2) is 77.4 Å². The number of piperidine rings is 1. The van der Waals surface area contributed by atoms with Gasteiger partial charge in [0.1, 0.15) is 5.75 Å². The molecule has 1 aliphatic carbocycles. The van der Waals surface area contributed by atoms with Crippen molar-refractivity contribution < 1.29 is 14.7 Å². The van der Waals surface area contributed by atoms with Gasteiger partial charge in [-0.1, -0.05) is 0 Å². The summed E-state index contributed by atoms with van der Waals surface area (Å²) in [5.74, 6) is 0.230. The summed E-state index contributed by atoms with van der Waals surface area (Å²) in [4.78, 5) is 31.3. The predicted molar refractivity (Wildman–Crippen MR) is 108 cm³/mol. The van der Waals surface area contributed by atoms with Crippen molar-refractivity contribution in [1.82, 2.24) is 14.7 Å². The number of piperazine rings is 1. The molecule has 4 rings (SSSR count). The van der Waals surface area contributed by atoms with Crippen LogP contribution in [0.4, 0.5) is 0 Å². The van der Waals surface area contributed by atoms with Crippen molar-refractivity contribution in [2.75, 3.05) is 45.8 Å². The Morgan fingerprint density at radius 3 is 2.11 bits per heavy atom. The molecule has 0 bridgehead atoms. The maximum absolute atomic E-state index is 13.0. The molecule has 2 saturated heterocycles. The number of aromatic hydroxyl groups is 1. The number of amides is 2. The first-order valence-electron chi connectivity index (χ1n) is 10.8. The first kappa shape index (κ1) is 19.2. The standard InChI is InChI=1S/C22H31N3O3/c26-20-15-18-7-3-2-6-17(18)14-19(20)22(28)25-12-10-23(11-13-25)16-21(27)24-8-4-1-5-9-24/h14-15,26H,1-13,16H2. The van der Waals surface area contributed by atoms with Gasteiger partial charge in [0.2, 0.25) is 5.91 Å². The molecular formula is C22H31N3O3. The highest BCUT2D eigenvalue weighted by atomic mass is 16.3. The second-order valence-electron chi connectivity index (χ2n) is 8.35. The van der Waals surface area contributed by atoms with Crippen LogP contribution in [0.2, 0.25) is 0 Å². The molecule has 0 atom stereocenters. The second-order valence-corrected chi connectivity index (χ2v) is 8.35. The average molecular weight is 386 g/mol. The summed E-state index contributed by atoms with van der Waals surface area (Å²) in [5, 5.41) is 10.4. The molecule has 0 radical (unpaired) electrons. The van der Waals surface area contributed by atoms with E-state index in [1.54, 1.807) is 6.07 Å². The highest BCUT2D eigenvalue weighted by molar-refractivity contribution is 5.97. The van der Waals surface area contributed by atoms with Crippen LogP contribution in [0.1, 0.15) is 53.6 Å². The topological polar surface area (TPSA) is 64.1 Å². The Hall–Kier alpha value is -2.08. The number of nitrogens with zero attached hydrogens (tertiary/aromatic N) is 3. The molecule has 28 heavy (non-hydrogen) atoms. The maximum Gasteiger partial charge on any atom is 0.257 e. The van der Waals surface area contributed by atoms with Gasteiger partial charge >= 0.3 is 0 Å². The summed E-state index contributed by atoms with van der Waals surface area (Å²) < 4.78 is 0. The molecule has 6 heteroatoms. The van der Waals surface area contributed by atoms with Gasteiger partial charge in [0.15, 0.2) is 0 Å². The van der Waals surface area contributed by atoms with Crippen LogP contribution in [0.25, 0.3) is 0 Å². The van der Waals surface area contributed by atoms with Gasteiger partial charge in [0, 0.05) is 39.3 Å². The Bertz CT molecular complexity index is 735. The van der Waals surface area contributed by atoms with E-state index in [2.05, 4.69) is 4.90 Å². The van der Waals surface area contributed by atoms with Crippen molar-refractivity contribution in [3.8, 4) is 5.75 Å². The number of aryl methyl sites for hydroxylation is 2. The van der Waals surface area contributed by atoms with E-state index >= 15 is 0 Å². The summed E-state index contributed by atoms with van der Waals surface area (Å²) in [7, 11) is 0. The summed E-state index contributed by atoms with van der Waals surface area (Å²) in [6, 6.07) is 3.69. The van der Waals surface area contributed by atoms with Gasteiger partial charge in [0.25, 0.3) is 5.91 Å². The Kier molecular flexibility index (Phi) is 5.85. The number of fused-ring (bicyclic) bond motifs is 1. The second kappa shape index (κ2) is 8.52. The Morgan fingerprint density at radius 1 is 0.786 bits per heavy atom. The number of phenols is 1. The van der Waals surface area contributed by atoms with Crippen molar-refractivity contribution in [1.29, 1.82) is 0 Å². The molecule has 2 fully saturated rings. The number of hydrogen-bond donors (Lipinski definition) is 1. The molecule has 6 nitrogen and oxygen atoms in total. The van der Waals surface area contributed by atoms with Crippen molar-refractivity contribution in [2.24, 2.45) is 0 Å². The summed E-state index contributed by atoms with van der Waals surface area (Å²) >= 11 is 0. The number of hydrogen-bond acceptors (Lipinski definition) is 4. The normalized spacial score (nSPS) is 20.7. The predicted octanol–water partition coefficient (Wildman–Crippen LogP) is 2.04. The fraction of sp³-hybridized carbons (Fsp3) is 0.636. The van der Waals surface area contributed by atoms with Crippen LogP contribution >= 0.6 is 0 Å². The minimum Gasteiger partial charge on any atom is -0.507 e. The van der Waals surface area contributed by atoms with E-state index in [1.165, 1.54) is 17.5 Å². The van der Waals surface area contributed by atoms with Crippen LogP contribution in [0, 0.1) is 0 Å². The van der Waals surface area contributed by atoms with E-state index < -0.39 is 0 Å². The van der Waals surface area contributed by atoms with Gasteiger partial charge in [-0.3, -0.25) is 14.5 Å². The van der Waals surface area contributed by atoms with Crippen LogP contribution in [0.5, 0.6) is 5.75 Å². The number of rotatable bonds is 3. The third-order valence-corrected chi connectivity index (χ3v) is 6.42. The molecule has 0 saturated carbocycles. The Balaban J connectivity index is 1.33. The van der Waals surface area contributed by atoms with Crippen LogP contribution in [0.15, 0.2) is 12.1 Å². The van der Waals surface area contributed by atoms with E-state index in [0.717, 1.165) is 51.6 Å². The highest BCUT2D eigenvalue weighted by Gasteiger charge is 2.27. The minimum atomic E-state index is -0.0899. The first-order valence-corrected chi connectivity index (χ1v) is 10.8. The van der Waals surface area contributed by atoms with Gasteiger partial charge in [0.05, 0.1) is 12.1 Å². The zero-order chi connectivity index (χ0) is 19.5. The third-order valence-electron chi connectivity index (χ3n) is 6.42. The summed E-state index contributed by atoms with van der Waals surface area (Å²) in [6.45, 7) is 4.83. The molecular weight excluding hydrogens is 354 g/mol. The van der Waals surface area contributed by atoms with Crippen molar-refractivity contribution >= 4 is 11.8 Å². The Labute approximate surface area is 167 Å². The van der Waals surface area contributed by atoms with Crippen LogP contribution in [-0.2, 0) is 17.6 Å². The third kappa shape index (κ3) is 4.17. The largest absolute Gasteiger partial charge is 0.507 e. The molecule has 1 N–H and O–H groups in total. The van der Waals surface area contributed by atoms with E-state index in [9.17, 15) is 14.7 Å².